The minimum atomic E-state index is 0.284. The molecule has 3 heterocycles. The molecule has 1 unspecified atom stereocenters. The summed E-state index contributed by atoms with van der Waals surface area (Å²) in [4.78, 5) is 28.3. The molecule has 142 valence electrons. The van der Waals surface area contributed by atoms with E-state index in [4.69, 9.17) is 16.6 Å². The van der Waals surface area contributed by atoms with Gasteiger partial charge in [-0.1, -0.05) is 11.6 Å². The van der Waals surface area contributed by atoms with E-state index in [1.165, 1.54) is 19.3 Å². The second-order valence-corrected chi connectivity index (χ2v) is 8.26. The van der Waals surface area contributed by atoms with Gasteiger partial charge in [0.1, 0.15) is 16.8 Å². The summed E-state index contributed by atoms with van der Waals surface area (Å²) in [5, 5.41) is 0.536. The number of hydrogen-bond acceptors (Lipinski definition) is 5. The van der Waals surface area contributed by atoms with Crippen LogP contribution in [0.3, 0.4) is 0 Å². The SMILES string of the molecule is CC1CCCCN1C(=O)CN1CCN(c2cc(Cl)nc(C3CC3)n2)CC1. The zero-order valence-electron chi connectivity index (χ0n) is 15.5. The number of hydrogen-bond donors (Lipinski definition) is 0. The normalized spacial score (nSPS) is 24.8. The van der Waals surface area contributed by atoms with Gasteiger partial charge >= 0.3 is 0 Å². The van der Waals surface area contributed by atoms with Crippen LogP contribution in [0.15, 0.2) is 6.07 Å². The molecular weight excluding hydrogens is 350 g/mol. The molecule has 4 rings (SSSR count). The average Bonchev–Trinajstić information content (AvgIpc) is 3.47. The number of anilines is 1. The molecule has 3 aliphatic rings. The lowest BCUT2D eigenvalue weighted by atomic mass is 10.0. The highest BCUT2D eigenvalue weighted by Gasteiger charge is 2.29. The van der Waals surface area contributed by atoms with Crippen LogP contribution in [0.4, 0.5) is 5.82 Å². The van der Waals surface area contributed by atoms with Crippen molar-refractivity contribution in [2.75, 3.05) is 44.2 Å². The molecule has 3 fully saturated rings. The lowest BCUT2D eigenvalue weighted by Gasteiger charge is -2.38. The molecule has 26 heavy (non-hydrogen) atoms. The van der Waals surface area contributed by atoms with Crippen LogP contribution in [-0.2, 0) is 4.79 Å². The minimum Gasteiger partial charge on any atom is -0.354 e. The van der Waals surface area contributed by atoms with Gasteiger partial charge in [0.05, 0.1) is 6.54 Å². The Morgan fingerprint density at radius 2 is 1.88 bits per heavy atom. The number of piperazine rings is 1. The molecule has 1 aromatic heterocycles. The molecule has 2 saturated heterocycles. The number of rotatable bonds is 4. The predicted molar refractivity (Wildman–Crippen MR) is 103 cm³/mol. The summed E-state index contributed by atoms with van der Waals surface area (Å²) in [7, 11) is 0. The first-order valence-corrected chi connectivity index (χ1v) is 10.3. The number of likely N-dealkylation sites (tertiary alicyclic amines) is 1. The third kappa shape index (κ3) is 4.12. The molecule has 0 aromatic carbocycles. The number of carbonyl (C=O) groups excluding carboxylic acids is 1. The molecule has 0 spiro atoms. The van der Waals surface area contributed by atoms with Gasteiger partial charge in [-0.25, -0.2) is 9.97 Å². The van der Waals surface area contributed by atoms with E-state index in [0.29, 0.717) is 23.7 Å². The van der Waals surface area contributed by atoms with Crippen LogP contribution in [0.25, 0.3) is 0 Å². The molecule has 6 nitrogen and oxygen atoms in total. The molecule has 1 saturated carbocycles. The predicted octanol–water partition coefficient (Wildman–Crippen LogP) is 2.53. The summed E-state index contributed by atoms with van der Waals surface area (Å²) in [5.74, 6) is 2.61. The minimum absolute atomic E-state index is 0.284. The molecular formula is C19H28ClN5O. The van der Waals surface area contributed by atoms with Gasteiger partial charge in [0, 0.05) is 50.7 Å². The van der Waals surface area contributed by atoms with Crippen LogP contribution < -0.4 is 4.90 Å². The third-order valence-corrected chi connectivity index (χ3v) is 6.01. The van der Waals surface area contributed by atoms with Crippen LogP contribution in [0.2, 0.25) is 5.15 Å². The second kappa shape index (κ2) is 7.69. The maximum Gasteiger partial charge on any atom is 0.236 e. The Hall–Kier alpha value is -1.40. The molecule has 2 aliphatic heterocycles. The van der Waals surface area contributed by atoms with Crippen LogP contribution in [-0.4, -0.2) is 71.0 Å². The second-order valence-electron chi connectivity index (χ2n) is 7.88. The van der Waals surface area contributed by atoms with Crippen molar-refractivity contribution in [3.63, 3.8) is 0 Å². The Labute approximate surface area is 160 Å². The summed E-state index contributed by atoms with van der Waals surface area (Å²) < 4.78 is 0. The molecule has 1 atom stereocenters. The maximum atomic E-state index is 12.6. The van der Waals surface area contributed by atoms with Gasteiger partial charge < -0.3 is 9.80 Å². The van der Waals surface area contributed by atoms with E-state index in [1.807, 2.05) is 6.07 Å². The van der Waals surface area contributed by atoms with Crippen molar-refractivity contribution < 1.29 is 4.79 Å². The fourth-order valence-electron chi connectivity index (χ4n) is 3.99. The van der Waals surface area contributed by atoms with Crippen molar-refractivity contribution in [3.05, 3.63) is 17.0 Å². The van der Waals surface area contributed by atoms with Gasteiger partial charge in [0.15, 0.2) is 0 Å². The Morgan fingerprint density at radius 1 is 1.12 bits per heavy atom. The van der Waals surface area contributed by atoms with Gasteiger partial charge in [-0.2, -0.15) is 0 Å². The highest BCUT2D eigenvalue weighted by molar-refractivity contribution is 6.29. The smallest absolute Gasteiger partial charge is 0.236 e. The van der Waals surface area contributed by atoms with Crippen LogP contribution in [0.5, 0.6) is 0 Å². The first kappa shape index (κ1) is 18.0. The summed E-state index contributed by atoms with van der Waals surface area (Å²) in [5.41, 5.74) is 0. The van der Waals surface area contributed by atoms with Crippen LogP contribution in [0.1, 0.15) is 50.8 Å². The molecule has 0 N–H and O–H groups in total. The molecule has 7 heteroatoms. The Kier molecular flexibility index (Phi) is 5.32. The first-order chi connectivity index (χ1) is 12.6. The van der Waals surface area contributed by atoms with E-state index in [1.54, 1.807) is 0 Å². The van der Waals surface area contributed by atoms with E-state index >= 15 is 0 Å². The molecule has 0 radical (unpaired) electrons. The Balaban J connectivity index is 1.32. The summed E-state index contributed by atoms with van der Waals surface area (Å²) in [6.07, 6.45) is 5.86. The number of carbonyl (C=O) groups is 1. The lowest BCUT2D eigenvalue weighted by molar-refractivity contribution is -0.135. The number of amides is 1. The van der Waals surface area contributed by atoms with E-state index < -0.39 is 0 Å². The van der Waals surface area contributed by atoms with Crippen molar-refractivity contribution >= 4 is 23.3 Å². The summed E-state index contributed by atoms with van der Waals surface area (Å²) in [6, 6.07) is 2.26. The largest absolute Gasteiger partial charge is 0.354 e. The fraction of sp³-hybridized carbons (Fsp3) is 0.737. The van der Waals surface area contributed by atoms with Crippen LogP contribution >= 0.6 is 11.6 Å². The number of halogens is 1. The Morgan fingerprint density at radius 3 is 2.58 bits per heavy atom. The molecule has 1 amide bonds. The highest BCUT2D eigenvalue weighted by Crippen LogP contribution is 2.39. The van der Waals surface area contributed by atoms with E-state index in [9.17, 15) is 4.79 Å². The first-order valence-electron chi connectivity index (χ1n) is 9.91. The van der Waals surface area contributed by atoms with E-state index in [2.05, 4.69) is 26.6 Å². The molecule has 1 aliphatic carbocycles. The number of nitrogens with zero attached hydrogens (tertiary/aromatic N) is 5. The average molecular weight is 378 g/mol. The zero-order chi connectivity index (χ0) is 18.1. The number of piperidine rings is 1. The topological polar surface area (TPSA) is 52.6 Å². The molecule has 1 aromatic rings. The zero-order valence-corrected chi connectivity index (χ0v) is 16.3. The van der Waals surface area contributed by atoms with Gasteiger partial charge in [-0.15, -0.1) is 0 Å². The standard InChI is InChI=1S/C19H28ClN5O/c1-14-4-2-3-7-25(14)18(26)13-23-8-10-24(11-9-23)17-12-16(20)21-19(22-17)15-5-6-15/h12,14-15H,2-11,13H2,1H3. The Bertz CT molecular complexity index is 657. The van der Waals surface area contributed by atoms with Crippen molar-refractivity contribution in [2.24, 2.45) is 0 Å². The van der Waals surface area contributed by atoms with E-state index in [0.717, 1.165) is 57.2 Å². The monoisotopic (exact) mass is 377 g/mol. The lowest BCUT2D eigenvalue weighted by Crippen LogP contribution is -2.52. The van der Waals surface area contributed by atoms with Gasteiger partial charge in [0.25, 0.3) is 0 Å². The van der Waals surface area contributed by atoms with E-state index in [-0.39, 0.29) is 5.91 Å². The van der Waals surface area contributed by atoms with Gasteiger partial charge in [-0.3, -0.25) is 9.69 Å². The quantitative estimate of drug-likeness (QED) is 0.755. The molecule has 0 bridgehead atoms. The maximum absolute atomic E-state index is 12.6. The number of aromatic nitrogens is 2. The highest BCUT2D eigenvalue weighted by atomic mass is 35.5. The van der Waals surface area contributed by atoms with Crippen molar-refractivity contribution in [1.29, 1.82) is 0 Å². The van der Waals surface area contributed by atoms with Crippen molar-refractivity contribution in [1.82, 2.24) is 19.8 Å². The third-order valence-electron chi connectivity index (χ3n) is 5.82. The van der Waals surface area contributed by atoms with Crippen molar-refractivity contribution in [2.45, 2.75) is 51.0 Å². The van der Waals surface area contributed by atoms with Crippen molar-refractivity contribution in [3.8, 4) is 0 Å². The van der Waals surface area contributed by atoms with Gasteiger partial charge in [-0.05, 0) is 39.0 Å². The van der Waals surface area contributed by atoms with Crippen LogP contribution in [0, 0.1) is 0 Å². The summed E-state index contributed by atoms with van der Waals surface area (Å²) in [6.45, 7) is 7.15. The van der Waals surface area contributed by atoms with Gasteiger partial charge in [0.2, 0.25) is 5.91 Å². The summed E-state index contributed by atoms with van der Waals surface area (Å²) >= 11 is 6.20. The fourth-order valence-corrected chi connectivity index (χ4v) is 4.18.